The average Bonchev–Trinajstić information content (AvgIpc) is 2.71. The molecule has 1 aromatic heterocycles. The molecule has 2 heterocycles. The molecule has 1 atom stereocenters. The van der Waals surface area contributed by atoms with Crippen molar-refractivity contribution < 1.29 is 4.39 Å². The summed E-state index contributed by atoms with van der Waals surface area (Å²) in [6.45, 7) is 7.98. The zero-order valence-electron chi connectivity index (χ0n) is 16.5. The minimum atomic E-state index is -0.288. The fourth-order valence-electron chi connectivity index (χ4n) is 4.26. The fourth-order valence-corrected chi connectivity index (χ4v) is 4.26. The highest BCUT2D eigenvalue weighted by atomic mass is 19.1. The highest BCUT2D eigenvalue weighted by molar-refractivity contribution is 5.84. The number of piperidine rings is 1. The number of hydrogen-bond donors (Lipinski definition) is 0. The van der Waals surface area contributed by atoms with Crippen LogP contribution in [0.2, 0.25) is 0 Å². The van der Waals surface area contributed by atoms with E-state index in [-0.39, 0.29) is 11.4 Å². The van der Waals surface area contributed by atoms with E-state index in [9.17, 15) is 9.18 Å². The summed E-state index contributed by atoms with van der Waals surface area (Å²) in [5, 5.41) is 0.550. The summed E-state index contributed by atoms with van der Waals surface area (Å²) >= 11 is 0. The molecule has 0 bridgehead atoms. The van der Waals surface area contributed by atoms with Crippen molar-refractivity contribution >= 4 is 10.9 Å². The second-order valence-corrected chi connectivity index (χ2v) is 7.69. The van der Waals surface area contributed by atoms with Crippen LogP contribution >= 0.6 is 0 Å². The number of halogens is 1. The van der Waals surface area contributed by atoms with Gasteiger partial charge < -0.3 is 4.90 Å². The molecule has 4 rings (SSSR count). The number of nitrogens with zero attached hydrogens (tertiary/aromatic N) is 3. The van der Waals surface area contributed by atoms with Gasteiger partial charge in [0.05, 0.1) is 10.9 Å². The molecule has 3 aromatic rings. The van der Waals surface area contributed by atoms with Gasteiger partial charge in [-0.2, -0.15) is 0 Å². The first-order chi connectivity index (χ1) is 13.6. The lowest BCUT2D eigenvalue weighted by Crippen LogP contribution is -2.38. The number of hydrogen-bond acceptors (Lipinski definition) is 3. The summed E-state index contributed by atoms with van der Waals surface area (Å²) in [6, 6.07) is 12.1. The zero-order chi connectivity index (χ0) is 19.7. The Kier molecular flexibility index (Phi) is 5.27. The minimum Gasteiger partial charge on any atom is -0.303 e. The Hall–Kier alpha value is -2.53. The van der Waals surface area contributed by atoms with E-state index in [1.165, 1.54) is 12.5 Å². The summed E-state index contributed by atoms with van der Waals surface area (Å²) < 4.78 is 16.0. The van der Waals surface area contributed by atoms with Crippen LogP contribution in [0.1, 0.15) is 25.6 Å². The van der Waals surface area contributed by atoms with Crippen molar-refractivity contribution in [1.29, 1.82) is 0 Å². The third-order valence-corrected chi connectivity index (χ3v) is 5.82. The molecule has 0 unspecified atom stereocenters. The van der Waals surface area contributed by atoms with Gasteiger partial charge in [0.15, 0.2) is 0 Å². The van der Waals surface area contributed by atoms with Gasteiger partial charge in [-0.15, -0.1) is 0 Å². The summed E-state index contributed by atoms with van der Waals surface area (Å²) in [6.07, 6.45) is 2.31. The molecule has 5 heteroatoms. The second kappa shape index (κ2) is 7.84. The zero-order valence-corrected chi connectivity index (χ0v) is 16.5. The van der Waals surface area contributed by atoms with E-state index < -0.39 is 0 Å². The molecule has 4 nitrogen and oxygen atoms in total. The number of aryl methyl sites for hydroxylation is 1. The lowest BCUT2D eigenvalue weighted by atomic mass is 9.97. The van der Waals surface area contributed by atoms with Crippen LogP contribution in [0.3, 0.4) is 0 Å². The number of rotatable bonds is 4. The Balaban J connectivity index is 1.74. The van der Waals surface area contributed by atoms with Crippen LogP contribution in [-0.4, -0.2) is 34.1 Å². The van der Waals surface area contributed by atoms with Crippen LogP contribution in [-0.2, 0) is 6.54 Å². The van der Waals surface area contributed by atoms with Crippen molar-refractivity contribution in [3.63, 3.8) is 0 Å². The first-order valence-electron chi connectivity index (χ1n) is 10.0. The first kappa shape index (κ1) is 18.8. The second-order valence-electron chi connectivity index (χ2n) is 7.69. The Morgan fingerprint density at radius 3 is 2.82 bits per heavy atom. The largest absolute Gasteiger partial charge is 0.303 e. The van der Waals surface area contributed by atoms with Gasteiger partial charge in [-0.05, 0) is 62.5 Å². The van der Waals surface area contributed by atoms with E-state index in [1.54, 1.807) is 28.8 Å². The molecule has 0 N–H and O–H groups in total. The van der Waals surface area contributed by atoms with E-state index in [0.717, 1.165) is 31.9 Å². The van der Waals surface area contributed by atoms with Gasteiger partial charge in [0.1, 0.15) is 11.6 Å². The maximum atomic E-state index is 14.2. The van der Waals surface area contributed by atoms with Crippen molar-refractivity contribution in [3.05, 3.63) is 64.5 Å². The first-order valence-corrected chi connectivity index (χ1v) is 10.0. The highest BCUT2D eigenvalue weighted by Crippen LogP contribution is 2.25. The molecule has 146 valence electrons. The Bertz CT molecular complexity index is 1060. The number of aromatic nitrogens is 2. The van der Waals surface area contributed by atoms with E-state index >= 15 is 0 Å². The predicted octanol–water partition coefficient (Wildman–Crippen LogP) is 4.24. The van der Waals surface area contributed by atoms with Crippen molar-refractivity contribution in [2.75, 3.05) is 19.6 Å². The van der Waals surface area contributed by atoms with E-state index in [4.69, 9.17) is 0 Å². The molecular formula is C23H26FN3O. The molecule has 1 aliphatic heterocycles. The van der Waals surface area contributed by atoms with Gasteiger partial charge in [-0.3, -0.25) is 9.36 Å². The predicted molar refractivity (Wildman–Crippen MR) is 111 cm³/mol. The van der Waals surface area contributed by atoms with Gasteiger partial charge >= 0.3 is 0 Å². The quantitative estimate of drug-likeness (QED) is 0.680. The van der Waals surface area contributed by atoms with Gasteiger partial charge in [-0.25, -0.2) is 9.37 Å². The van der Waals surface area contributed by atoms with Crippen LogP contribution < -0.4 is 5.56 Å². The molecule has 28 heavy (non-hydrogen) atoms. The third kappa shape index (κ3) is 3.59. The van der Waals surface area contributed by atoms with Crippen LogP contribution in [0.4, 0.5) is 4.39 Å². The summed E-state index contributed by atoms with van der Waals surface area (Å²) in [4.78, 5) is 20.4. The van der Waals surface area contributed by atoms with E-state index in [0.29, 0.717) is 34.5 Å². The Morgan fingerprint density at radius 1 is 1.21 bits per heavy atom. The Morgan fingerprint density at radius 2 is 2.04 bits per heavy atom. The topological polar surface area (TPSA) is 38.1 Å². The molecule has 2 aromatic carbocycles. The van der Waals surface area contributed by atoms with Gasteiger partial charge in [0.2, 0.25) is 0 Å². The minimum absolute atomic E-state index is 0.0330. The Labute approximate surface area is 164 Å². The lowest BCUT2D eigenvalue weighted by Gasteiger charge is -2.32. The monoisotopic (exact) mass is 379 g/mol. The van der Waals surface area contributed by atoms with Gasteiger partial charge in [0, 0.05) is 18.7 Å². The molecule has 0 spiro atoms. The standard InChI is InChI=1S/C23H26FN3O/c1-3-26-12-6-7-17(14-26)15-27-16(2)25-22-11-10-18(13-20(22)23(27)28)19-8-4-5-9-21(19)24/h4-5,8-11,13,17H,3,6-7,12,14-15H2,1-2H3/t17-/m0/s1. The smallest absolute Gasteiger partial charge is 0.261 e. The lowest BCUT2D eigenvalue weighted by molar-refractivity contribution is 0.168. The average molecular weight is 379 g/mol. The molecule has 0 aliphatic carbocycles. The number of fused-ring (bicyclic) bond motifs is 1. The van der Waals surface area contributed by atoms with E-state index in [2.05, 4.69) is 16.8 Å². The van der Waals surface area contributed by atoms with Crippen LogP contribution in [0, 0.1) is 18.7 Å². The maximum Gasteiger partial charge on any atom is 0.261 e. The molecular weight excluding hydrogens is 353 g/mol. The fraction of sp³-hybridized carbons (Fsp3) is 0.391. The van der Waals surface area contributed by atoms with Crippen LogP contribution in [0.25, 0.3) is 22.0 Å². The van der Waals surface area contributed by atoms with Crippen molar-refractivity contribution in [2.45, 2.75) is 33.2 Å². The summed E-state index contributed by atoms with van der Waals surface area (Å²) in [5.41, 5.74) is 1.84. The molecule has 1 fully saturated rings. The SMILES string of the molecule is CCN1CCC[C@H](Cn2c(C)nc3ccc(-c4ccccc4F)cc3c2=O)C1. The van der Waals surface area contributed by atoms with Gasteiger partial charge in [-0.1, -0.05) is 31.2 Å². The number of likely N-dealkylation sites (tertiary alicyclic amines) is 1. The van der Waals surface area contributed by atoms with Gasteiger partial charge in [0.25, 0.3) is 5.56 Å². The highest BCUT2D eigenvalue weighted by Gasteiger charge is 2.21. The van der Waals surface area contributed by atoms with Crippen LogP contribution in [0.15, 0.2) is 47.3 Å². The van der Waals surface area contributed by atoms with E-state index in [1.807, 2.05) is 19.1 Å². The maximum absolute atomic E-state index is 14.2. The number of benzene rings is 2. The van der Waals surface area contributed by atoms with Crippen molar-refractivity contribution in [3.8, 4) is 11.1 Å². The normalized spacial score (nSPS) is 17.9. The summed E-state index contributed by atoms with van der Waals surface area (Å²) in [5.74, 6) is 0.910. The molecule has 0 radical (unpaired) electrons. The van der Waals surface area contributed by atoms with Crippen LogP contribution in [0.5, 0.6) is 0 Å². The molecule has 1 saturated heterocycles. The van der Waals surface area contributed by atoms with Crippen molar-refractivity contribution in [2.24, 2.45) is 5.92 Å². The third-order valence-electron chi connectivity index (χ3n) is 5.82. The molecule has 0 amide bonds. The van der Waals surface area contributed by atoms with Crippen molar-refractivity contribution in [1.82, 2.24) is 14.5 Å². The summed E-state index contributed by atoms with van der Waals surface area (Å²) in [7, 11) is 0. The molecule has 1 aliphatic rings. The molecule has 0 saturated carbocycles.